The zero-order chi connectivity index (χ0) is 22.3. The summed E-state index contributed by atoms with van der Waals surface area (Å²) in [7, 11) is 0. The van der Waals surface area contributed by atoms with E-state index < -0.39 is 6.04 Å². The maximum Gasteiger partial charge on any atom is 0.261 e. The van der Waals surface area contributed by atoms with E-state index in [0.29, 0.717) is 24.8 Å². The van der Waals surface area contributed by atoms with Crippen LogP contribution in [-0.4, -0.2) is 35.9 Å². The number of ether oxygens (including phenoxy) is 1. The normalized spacial score (nSPS) is 11.8. The zero-order valence-electron chi connectivity index (χ0n) is 19.0. The second kappa shape index (κ2) is 10.8. The summed E-state index contributed by atoms with van der Waals surface area (Å²) in [5.41, 5.74) is 4.22. The van der Waals surface area contributed by atoms with Gasteiger partial charge in [-0.1, -0.05) is 55.8 Å². The van der Waals surface area contributed by atoms with E-state index in [4.69, 9.17) is 4.74 Å². The first-order chi connectivity index (χ1) is 14.2. The summed E-state index contributed by atoms with van der Waals surface area (Å²) in [5, 5.41) is 2.93. The van der Waals surface area contributed by atoms with Gasteiger partial charge in [-0.15, -0.1) is 0 Å². The van der Waals surface area contributed by atoms with Crippen LogP contribution in [0.2, 0.25) is 0 Å². The molecule has 0 radical (unpaired) electrons. The third-order valence-corrected chi connectivity index (χ3v) is 5.19. The number of carbonyl (C=O) groups is 2. The Labute approximate surface area is 180 Å². The van der Waals surface area contributed by atoms with Gasteiger partial charge in [0.25, 0.3) is 5.91 Å². The number of benzene rings is 2. The number of amides is 2. The van der Waals surface area contributed by atoms with Crippen molar-refractivity contribution in [1.82, 2.24) is 10.2 Å². The molecule has 2 aromatic rings. The maximum atomic E-state index is 13.1. The maximum absolute atomic E-state index is 13.1. The fourth-order valence-electron chi connectivity index (χ4n) is 3.15. The molecule has 0 bridgehead atoms. The minimum absolute atomic E-state index is 0.113. The molecule has 5 nitrogen and oxygen atoms in total. The molecule has 0 aliphatic carbocycles. The molecule has 0 saturated carbocycles. The second-order valence-electron chi connectivity index (χ2n) is 8.31. The van der Waals surface area contributed by atoms with Crippen molar-refractivity contribution in [3.8, 4) is 5.75 Å². The van der Waals surface area contributed by atoms with Crippen molar-refractivity contribution in [2.24, 2.45) is 5.92 Å². The quantitative estimate of drug-likeness (QED) is 0.675. The Kier molecular flexibility index (Phi) is 8.46. The molecular weight excluding hydrogens is 376 g/mol. The summed E-state index contributed by atoms with van der Waals surface area (Å²) in [4.78, 5) is 27.4. The number of nitrogens with one attached hydrogen (secondary N) is 1. The molecule has 1 N–H and O–H groups in total. The zero-order valence-corrected chi connectivity index (χ0v) is 19.0. The van der Waals surface area contributed by atoms with Gasteiger partial charge in [0.05, 0.1) is 0 Å². The van der Waals surface area contributed by atoms with E-state index in [1.165, 1.54) is 0 Å². The first-order valence-electron chi connectivity index (χ1n) is 10.5. The van der Waals surface area contributed by atoms with E-state index in [9.17, 15) is 9.59 Å². The molecule has 0 unspecified atom stereocenters. The van der Waals surface area contributed by atoms with E-state index in [1.807, 2.05) is 77.1 Å². The van der Waals surface area contributed by atoms with Gasteiger partial charge in [-0.3, -0.25) is 9.59 Å². The predicted molar refractivity (Wildman–Crippen MR) is 120 cm³/mol. The first-order valence-corrected chi connectivity index (χ1v) is 10.5. The van der Waals surface area contributed by atoms with Crippen molar-refractivity contribution in [3.05, 3.63) is 64.7 Å². The van der Waals surface area contributed by atoms with Crippen LogP contribution in [0.5, 0.6) is 5.75 Å². The predicted octanol–water partition coefficient (Wildman–Crippen LogP) is 4.18. The molecule has 162 valence electrons. The smallest absolute Gasteiger partial charge is 0.261 e. The van der Waals surface area contributed by atoms with Gasteiger partial charge < -0.3 is 15.0 Å². The topological polar surface area (TPSA) is 58.6 Å². The molecule has 5 heteroatoms. The van der Waals surface area contributed by atoms with Crippen LogP contribution in [0.25, 0.3) is 0 Å². The molecule has 1 atom stereocenters. The lowest BCUT2D eigenvalue weighted by Crippen LogP contribution is -2.49. The van der Waals surface area contributed by atoms with Crippen LogP contribution in [0.3, 0.4) is 0 Å². The first kappa shape index (κ1) is 23.5. The fraction of sp³-hybridized carbons (Fsp3) is 0.440. The average molecular weight is 411 g/mol. The molecule has 0 spiro atoms. The third-order valence-electron chi connectivity index (χ3n) is 5.19. The highest BCUT2D eigenvalue weighted by Crippen LogP contribution is 2.21. The Morgan fingerprint density at radius 3 is 2.40 bits per heavy atom. The summed E-state index contributed by atoms with van der Waals surface area (Å²) in [5.74, 6) is 0.659. The Bertz CT molecular complexity index is 876. The fourth-order valence-corrected chi connectivity index (χ4v) is 3.15. The highest BCUT2D eigenvalue weighted by atomic mass is 16.5. The molecular formula is C25H34N2O3. The lowest BCUT2D eigenvalue weighted by Gasteiger charge is -2.29. The van der Waals surface area contributed by atoms with Crippen LogP contribution in [0, 0.1) is 26.7 Å². The van der Waals surface area contributed by atoms with Crippen molar-refractivity contribution in [2.75, 3.05) is 13.2 Å². The molecule has 0 aliphatic rings. The molecule has 0 aliphatic heterocycles. The van der Waals surface area contributed by atoms with Crippen LogP contribution < -0.4 is 10.1 Å². The molecule has 2 rings (SSSR count). The Morgan fingerprint density at radius 1 is 1.03 bits per heavy atom. The van der Waals surface area contributed by atoms with Gasteiger partial charge >= 0.3 is 0 Å². The number of rotatable bonds is 9. The Morgan fingerprint density at radius 2 is 1.73 bits per heavy atom. The van der Waals surface area contributed by atoms with Crippen LogP contribution in [-0.2, 0) is 16.1 Å². The van der Waals surface area contributed by atoms with Gasteiger partial charge in [0.1, 0.15) is 11.8 Å². The standard InChI is InChI=1S/C25H34N2O3/c1-17(2)14-26-25(29)21(6)27(15-22-11-7-9-18(3)13-22)24(28)16-30-23-12-8-10-19(4)20(23)5/h7-13,17,21H,14-16H2,1-6H3,(H,26,29)/t21-/m1/s1. The van der Waals surface area contributed by atoms with Crippen molar-refractivity contribution in [1.29, 1.82) is 0 Å². The average Bonchev–Trinajstić information content (AvgIpc) is 2.70. The van der Waals surface area contributed by atoms with Crippen molar-refractivity contribution < 1.29 is 14.3 Å². The van der Waals surface area contributed by atoms with Crippen LogP contribution in [0.4, 0.5) is 0 Å². The van der Waals surface area contributed by atoms with E-state index in [0.717, 1.165) is 22.3 Å². The lowest BCUT2D eigenvalue weighted by atomic mass is 10.1. The van der Waals surface area contributed by atoms with Crippen LogP contribution in [0.1, 0.15) is 43.0 Å². The van der Waals surface area contributed by atoms with Gasteiger partial charge in [0, 0.05) is 13.1 Å². The number of nitrogens with zero attached hydrogens (tertiary/aromatic N) is 1. The van der Waals surface area contributed by atoms with Gasteiger partial charge in [-0.2, -0.15) is 0 Å². The summed E-state index contributed by atoms with van der Waals surface area (Å²) in [6.07, 6.45) is 0. The molecule has 0 fully saturated rings. The number of aryl methyl sites for hydroxylation is 2. The molecule has 2 amide bonds. The summed E-state index contributed by atoms with van der Waals surface area (Å²) in [6, 6.07) is 13.2. The van der Waals surface area contributed by atoms with E-state index in [1.54, 1.807) is 11.8 Å². The molecule has 0 aromatic heterocycles. The Hall–Kier alpha value is -2.82. The summed E-state index contributed by atoms with van der Waals surface area (Å²) >= 11 is 0. The van der Waals surface area contributed by atoms with E-state index >= 15 is 0 Å². The van der Waals surface area contributed by atoms with Crippen molar-refractivity contribution >= 4 is 11.8 Å². The van der Waals surface area contributed by atoms with Gasteiger partial charge in [-0.25, -0.2) is 0 Å². The van der Waals surface area contributed by atoms with Crippen molar-refractivity contribution in [2.45, 2.75) is 54.1 Å². The van der Waals surface area contributed by atoms with Crippen LogP contribution in [0.15, 0.2) is 42.5 Å². The SMILES string of the molecule is Cc1cccc(CN(C(=O)COc2cccc(C)c2C)[C@H](C)C(=O)NCC(C)C)c1. The Balaban J connectivity index is 2.17. The molecule has 0 heterocycles. The largest absolute Gasteiger partial charge is 0.483 e. The molecule has 30 heavy (non-hydrogen) atoms. The van der Waals surface area contributed by atoms with E-state index in [2.05, 4.69) is 5.32 Å². The van der Waals surface area contributed by atoms with Gasteiger partial charge in [0.15, 0.2) is 6.61 Å². The van der Waals surface area contributed by atoms with E-state index in [-0.39, 0.29) is 18.4 Å². The third kappa shape index (κ3) is 6.61. The number of hydrogen-bond donors (Lipinski definition) is 1. The monoisotopic (exact) mass is 410 g/mol. The summed E-state index contributed by atoms with van der Waals surface area (Å²) in [6.45, 7) is 12.7. The highest BCUT2D eigenvalue weighted by Gasteiger charge is 2.26. The number of carbonyl (C=O) groups excluding carboxylic acids is 2. The minimum atomic E-state index is -0.598. The van der Waals surface area contributed by atoms with Gasteiger partial charge in [0.2, 0.25) is 5.91 Å². The van der Waals surface area contributed by atoms with Crippen LogP contribution >= 0.6 is 0 Å². The summed E-state index contributed by atoms with van der Waals surface area (Å²) < 4.78 is 5.83. The molecule has 2 aromatic carbocycles. The minimum Gasteiger partial charge on any atom is -0.483 e. The van der Waals surface area contributed by atoms with Crippen molar-refractivity contribution in [3.63, 3.8) is 0 Å². The number of hydrogen-bond acceptors (Lipinski definition) is 3. The molecule has 0 saturated heterocycles. The lowest BCUT2D eigenvalue weighted by molar-refractivity contribution is -0.142. The highest BCUT2D eigenvalue weighted by molar-refractivity contribution is 5.88. The van der Waals surface area contributed by atoms with Gasteiger partial charge in [-0.05, 0) is 56.4 Å². The second-order valence-corrected chi connectivity index (χ2v) is 8.31.